The van der Waals surface area contributed by atoms with Crippen molar-refractivity contribution in [2.75, 3.05) is 33.3 Å². The minimum atomic E-state index is 0.218. The number of piperidine rings is 1. The monoisotopic (exact) mass is 374 g/mol. The molecule has 0 bridgehead atoms. The fourth-order valence-electron chi connectivity index (χ4n) is 3.44. The van der Waals surface area contributed by atoms with E-state index in [1.54, 1.807) is 7.11 Å². The number of rotatable bonds is 8. The number of carbonyl (C=O) groups is 1. The predicted molar refractivity (Wildman–Crippen MR) is 110 cm³/mol. The Bertz CT molecular complexity index is 618. The maximum absolute atomic E-state index is 12.4. The van der Waals surface area contributed by atoms with E-state index in [0.29, 0.717) is 19.0 Å². The van der Waals surface area contributed by atoms with Crippen LogP contribution in [-0.2, 0) is 11.2 Å². The zero-order valence-corrected chi connectivity index (χ0v) is 17.0. The minimum absolute atomic E-state index is 0.218. The summed E-state index contributed by atoms with van der Waals surface area (Å²) in [4.78, 5) is 19.0. The second kappa shape index (κ2) is 11.5. The molecule has 1 heterocycles. The average molecular weight is 375 g/mol. The van der Waals surface area contributed by atoms with Crippen molar-refractivity contribution in [3.63, 3.8) is 0 Å². The van der Waals surface area contributed by atoms with Crippen molar-refractivity contribution in [3.8, 4) is 5.75 Å². The quantitative estimate of drug-likeness (QED) is 0.542. The van der Waals surface area contributed by atoms with Crippen LogP contribution in [0.25, 0.3) is 0 Å². The molecule has 27 heavy (non-hydrogen) atoms. The predicted octanol–water partition coefficient (Wildman–Crippen LogP) is 2.58. The fraction of sp³-hybridized carbons (Fsp3) is 0.619. The highest BCUT2D eigenvalue weighted by Gasteiger charge is 2.22. The van der Waals surface area contributed by atoms with E-state index in [4.69, 9.17) is 4.74 Å². The van der Waals surface area contributed by atoms with Gasteiger partial charge in [0, 0.05) is 32.1 Å². The van der Waals surface area contributed by atoms with E-state index < -0.39 is 0 Å². The number of aliphatic imine (C=N–C) groups is 1. The molecule has 0 aliphatic carbocycles. The number of ether oxygens (including phenoxy) is 1. The van der Waals surface area contributed by atoms with Crippen molar-refractivity contribution >= 4 is 11.9 Å². The molecule has 1 aliphatic rings. The SMILES string of the molecule is CCNC(=NCCC(=O)N1CCCCC1C)NCCc1ccccc1OC. The molecule has 1 amide bonds. The van der Waals surface area contributed by atoms with Gasteiger partial charge in [-0.2, -0.15) is 0 Å². The lowest BCUT2D eigenvalue weighted by atomic mass is 10.0. The van der Waals surface area contributed by atoms with Crippen LogP contribution in [0.4, 0.5) is 0 Å². The highest BCUT2D eigenvalue weighted by molar-refractivity contribution is 5.81. The number of benzene rings is 1. The smallest absolute Gasteiger partial charge is 0.224 e. The maximum atomic E-state index is 12.4. The first kappa shape index (κ1) is 21.1. The highest BCUT2D eigenvalue weighted by Crippen LogP contribution is 2.18. The van der Waals surface area contributed by atoms with Gasteiger partial charge in [0.25, 0.3) is 0 Å². The van der Waals surface area contributed by atoms with Crippen LogP contribution in [0.2, 0.25) is 0 Å². The number of carbonyl (C=O) groups excluding carboxylic acids is 1. The summed E-state index contributed by atoms with van der Waals surface area (Å²) in [6.07, 6.45) is 4.77. The van der Waals surface area contributed by atoms with Crippen molar-refractivity contribution in [1.29, 1.82) is 0 Å². The van der Waals surface area contributed by atoms with Gasteiger partial charge in [-0.25, -0.2) is 0 Å². The van der Waals surface area contributed by atoms with E-state index in [0.717, 1.165) is 56.2 Å². The Morgan fingerprint density at radius 1 is 1.30 bits per heavy atom. The summed E-state index contributed by atoms with van der Waals surface area (Å²) < 4.78 is 5.39. The van der Waals surface area contributed by atoms with Gasteiger partial charge in [0.15, 0.2) is 5.96 Å². The van der Waals surface area contributed by atoms with Crippen LogP contribution < -0.4 is 15.4 Å². The Balaban J connectivity index is 1.80. The Kier molecular flexibility index (Phi) is 8.95. The number of hydrogen-bond acceptors (Lipinski definition) is 3. The van der Waals surface area contributed by atoms with Crippen LogP contribution in [0, 0.1) is 0 Å². The zero-order chi connectivity index (χ0) is 19.5. The summed E-state index contributed by atoms with van der Waals surface area (Å²) in [5.74, 6) is 1.88. The Morgan fingerprint density at radius 2 is 2.11 bits per heavy atom. The van der Waals surface area contributed by atoms with Gasteiger partial charge >= 0.3 is 0 Å². The third-order valence-corrected chi connectivity index (χ3v) is 4.94. The number of amides is 1. The molecule has 2 N–H and O–H groups in total. The Labute approximate surface area is 163 Å². The summed E-state index contributed by atoms with van der Waals surface area (Å²) in [5.41, 5.74) is 1.16. The van der Waals surface area contributed by atoms with Crippen LogP contribution in [-0.4, -0.2) is 56.1 Å². The third kappa shape index (κ3) is 6.77. The van der Waals surface area contributed by atoms with Crippen LogP contribution in [0.5, 0.6) is 5.75 Å². The molecule has 1 aliphatic heterocycles. The molecule has 0 radical (unpaired) electrons. The van der Waals surface area contributed by atoms with Crippen molar-refractivity contribution < 1.29 is 9.53 Å². The van der Waals surface area contributed by atoms with Gasteiger partial charge in [-0.1, -0.05) is 18.2 Å². The Hall–Kier alpha value is -2.24. The first-order valence-corrected chi connectivity index (χ1v) is 10.1. The van der Waals surface area contributed by atoms with E-state index >= 15 is 0 Å². The van der Waals surface area contributed by atoms with Crippen molar-refractivity contribution in [2.24, 2.45) is 4.99 Å². The van der Waals surface area contributed by atoms with E-state index in [2.05, 4.69) is 28.6 Å². The van der Waals surface area contributed by atoms with Crippen molar-refractivity contribution in [3.05, 3.63) is 29.8 Å². The van der Waals surface area contributed by atoms with Crippen molar-refractivity contribution in [2.45, 2.75) is 52.0 Å². The number of para-hydroxylation sites is 1. The van der Waals surface area contributed by atoms with E-state index in [9.17, 15) is 4.79 Å². The van der Waals surface area contributed by atoms with Gasteiger partial charge in [0.05, 0.1) is 13.7 Å². The third-order valence-electron chi connectivity index (χ3n) is 4.94. The lowest BCUT2D eigenvalue weighted by Crippen LogP contribution is -2.42. The molecule has 1 saturated heterocycles. The fourth-order valence-corrected chi connectivity index (χ4v) is 3.44. The number of likely N-dealkylation sites (tertiary alicyclic amines) is 1. The molecule has 6 nitrogen and oxygen atoms in total. The van der Waals surface area contributed by atoms with Crippen LogP contribution in [0.1, 0.15) is 45.1 Å². The highest BCUT2D eigenvalue weighted by atomic mass is 16.5. The number of nitrogens with zero attached hydrogens (tertiary/aromatic N) is 2. The Morgan fingerprint density at radius 3 is 2.85 bits per heavy atom. The topological polar surface area (TPSA) is 66.0 Å². The summed E-state index contributed by atoms with van der Waals surface area (Å²) >= 11 is 0. The molecule has 0 spiro atoms. The first-order chi connectivity index (χ1) is 13.2. The molecule has 1 fully saturated rings. The van der Waals surface area contributed by atoms with E-state index in [1.807, 2.05) is 30.0 Å². The lowest BCUT2D eigenvalue weighted by molar-refractivity contribution is -0.134. The van der Waals surface area contributed by atoms with Crippen LogP contribution in [0.3, 0.4) is 0 Å². The molecule has 0 aromatic heterocycles. The van der Waals surface area contributed by atoms with Gasteiger partial charge in [0.1, 0.15) is 5.75 Å². The van der Waals surface area contributed by atoms with Gasteiger partial charge in [-0.05, 0) is 51.2 Å². The second-order valence-electron chi connectivity index (χ2n) is 6.93. The minimum Gasteiger partial charge on any atom is -0.496 e. The molecule has 150 valence electrons. The molecule has 1 aromatic carbocycles. The maximum Gasteiger partial charge on any atom is 0.224 e. The average Bonchev–Trinajstić information content (AvgIpc) is 2.68. The molecule has 0 saturated carbocycles. The number of methoxy groups -OCH3 is 1. The van der Waals surface area contributed by atoms with Gasteiger partial charge in [0.2, 0.25) is 5.91 Å². The normalized spacial score (nSPS) is 17.5. The molecule has 1 aromatic rings. The van der Waals surface area contributed by atoms with E-state index in [-0.39, 0.29) is 5.91 Å². The van der Waals surface area contributed by atoms with Crippen molar-refractivity contribution in [1.82, 2.24) is 15.5 Å². The van der Waals surface area contributed by atoms with Gasteiger partial charge < -0.3 is 20.3 Å². The molecule has 2 rings (SSSR count). The van der Waals surface area contributed by atoms with Crippen LogP contribution in [0.15, 0.2) is 29.3 Å². The molecule has 1 unspecified atom stereocenters. The number of nitrogens with one attached hydrogen (secondary N) is 2. The van der Waals surface area contributed by atoms with Crippen LogP contribution >= 0.6 is 0 Å². The standard InChI is InChI=1S/C21H34N4O2/c1-4-22-21(23-14-12-18-10-5-6-11-19(18)27-3)24-15-13-20(26)25-16-8-7-9-17(25)2/h5-6,10-11,17H,4,7-9,12-16H2,1-3H3,(H2,22,23,24). The lowest BCUT2D eigenvalue weighted by Gasteiger charge is -2.33. The summed E-state index contributed by atoms with van der Waals surface area (Å²) in [6, 6.07) is 8.40. The zero-order valence-electron chi connectivity index (χ0n) is 17.0. The van der Waals surface area contributed by atoms with Gasteiger partial charge in [-0.3, -0.25) is 9.79 Å². The van der Waals surface area contributed by atoms with Gasteiger partial charge in [-0.15, -0.1) is 0 Å². The first-order valence-electron chi connectivity index (χ1n) is 10.1. The summed E-state index contributed by atoms with van der Waals surface area (Å²) in [6.45, 7) is 7.12. The summed E-state index contributed by atoms with van der Waals surface area (Å²) in [7, 11) is 1.69. The number of guanidine groups is 1. The molecule has 1 atom stereocenters. The second-order valence-corrected chi connectivity index (χ2v) is 6.93. The van der Waals surface area contributed by atoms with E-state index in [1.165, 1.54) is 6.42 Å². The molecule has 6 heteroatoms. The number of hydrogen-bond donors (Lipinski definition) is 2. The molecular formula is C21H34N4O2. The summed E-state index contributed by atoms with van der Waals surface area (Å²) in [5, 5.41) is 6.58. The molecular weight excluding hydrogens is 340 g/mol. The largest absolute Gasteiger partial charge is 0.496 e.